The van der Waals surface area contributed by atoms with Crippen molar-refractivity contribution in [3.63, 3.8) is 0 Å². The van der Waals surface area contributed by atoms with E-state index in [2.05, 4.69) is 38.9 Å². The van der Waals surface area contributed by atoms with Gasteiger partial charge in [-0.2, -0.15) is 5.10 Å². The molecule has 0 saturated carbocycles. The van der Waals surface area contributed by atoms with Crippen LogP contribution in [0.1, 0.15) is 58.7 Å². The van der Waals surface area contributed by atoms with Gasteiger partial charge < -0.3 is 5.73 Å². The van der Waals surface area contributed by atoms with Gasteiger partial charge in [0.1, 0.15) is 0 Å². The van der Waals surface area contributed by atoms with Crippen LogP contribution in [0.5, 0.6) is 0 Å². The number of nitrogens with two attached hydrogens (primary N) is 1. The normalized spacial score (nSPS) is 15.2. The molecule has 3 heteroatoms. The number of hydrogen-bond acceptors (Lipinski definition) is 2. The standard InChI is InChI=1S/C14H27N3/c1-5-6-7-12(4)14(15)10-13-8-9-17(16-13)11(2)3/h8-9,11-12,14H,5-7,10,15H2,1-4H3. The zero-order chi connectivity index (χ0) is 12.8. The summed E-state index contributed by atoms with van der Waals surface area (Å²) < 4.78 is 2.00. The van der Waals surface area contributed by atoms with Gasteiger partial charge in [0.15, 0.2) is 0 Å². The van der Waals surface area contributed by atoms with Crippen LogP contribution in [-0.2, 0) is 6.42 Å². The van der Waals surface area contributed by atoms with Gasteiger partial charge in [0.05, 0.1) is 5.69 Å². The van der Waals surface area contributed by atoms with Crippen LogP contribution < -0.4 is 5.73 Å². The van der Waals surface area contributed by atoms with Crippen LogP contribution in [-0.4, -0.2) is 15.8 Å². The molecule has 2 unspecified atom stereocenters. The molecule has 0 radical (unpaired) electrons. The molecule has 1 aromatic heterocycles. The van der Waals surface area contributed by atoms with Crippen molar-refractivity contribution in [2.45, 2.75) is 65.5 Å². The first kappa shape index (κ1) is 14.2. The molecule has 1 heterocycles. The molecule has 1 rings (SSSR count). The van der Waals surface area contributed by atoms with Gasteiger partial charge in [0.25, 0.3) is 0 Å². The number of aromatic nitrogens is 2. The highest BCUT2D eigenvalue weighted by molar-refractivity contribution is 5.02. The van der Waals surface area contributed by atoms with E-state index in [0.29, 0.717) is 12.0 Å². The van der Waals surface area contributed by atoms with E-state index < -0.39 is 0 Å². The molecule has 0 saturated heterocycles. The number of unbranched alkanes of at least 4 members (excludes halogenated alkanes) is 1. The Hall–Kier alpha value is -0.830. The molecular formula is C14H27N3. The zero-order valence-corrected chi connectivity index (χ0v) is 11.7. The maximum absolute atomic E-state index is 6.23. The van der Waals surface area contributed by atoms with Crippen LogP contribution in [0.3, 0.4) is 0 Å². The number of rotatable bonds is 7. The van der Waals surface area contributed by atoms with E-state index in [1.165, 1.54) is 19.3 Å². The van der Waals surface area contributed by atoms with Crippen molar-refractivity contribution in [3.05, 3.63) is 18.0 Å². The largest absolute Gasteiger partial charge is 0.327 e. The SMILES string of the molecule is CCCCC(C)C(N)Cc1ccn(C(C)C)n1. The monoisotopic (exact) mass is 237 g/mol. The fraction of sp³-hybridized carbons (Fsp3) is 0.786. The molecule has 0 amide bonds. The van der Waals surface area contributed by atoms with E-state index in [1.807, 2.05) is 10.9 Å². The maximum atomic E-state index is 6.23. The highest BCUT2D eigenvalue weighted by Crippen LogP contribution is 2.14. The average molecular weight is 237 g/mol. The Balaban J connectivity index is 2.46. The molecular weight excluding hydrogens is 210 g/mol. The molecule has 0 bridgehead atoms. The third-order valence-corrected chi connectivity index (χ3v) is 3.38. The highest BCUT2D eigenvalue weighted by atomic mass is 15.3. The van der Waals surface area contributed by atoms with E-state index in [1.54, 1.807) is 0 Å². The van der Waals surface area contributed by atoms with Gasteiger partial charge in [-0.05, 0) is 32.3 Å². The summed E-state index contributed by atoms with van der Waals surface area (Å²) in [5, 5.41) is 4.55. The summed E-state index contributed by atoms with van der Waals surface area (Å²) >= 11 is 0. The van der Waals surface area contributed by atoms with Gasteiger partial charge in [-0.1, -0.05) is 26.7 Å². The van der Waals surface area contributed by atoms with E-state index in [0.717, 1.165) is 12.1 Å². The van der Waals surface area contributed by atoms with Crippen LogP contribution in [0.2, 0.25) is 0 Å². The Bertz CT molecular complexity index is 317. The first-order valence-corrected chi connectivity index (χ1v) is 6.84. The van der Waals surface area contributed by atoms with Crippen LogP contribution >= 0.6 is 0 Å². The van der Waals surface area contributed by atoms with Gasteiger partial charge >= 0.3 is 0 Å². The third-order valence-electron chi connectivity index (χ3n) is 3.38. The maximum Gasteiger partial charge on any atom is 0.0640 e. The van der Waals surface area contributed by atoms with Crippen LogP contribution in [0.25, 0.3) is 0 Å². The van der Waals surface area contributed by atoms with Crippen molar-refractivity contribution < 1.29 is 0 Å². The minimum absolute atomic E-state index is 0.233. The van der Waals surface area contributed by atoms with Crippen LogP contribution in [0, 0.1) is 5.92 Å². The molecule has 17 heavy (non-hydrogen) atoms. The molecule has 3 nitrogen and oxygen atoms in total. The Morgan fingerprint density at radius 1 is 1.35 bits per heavy atom. The fourth-order valence-corrected chi connectivity index (χ4v) is 1.96. The fourth-order valence-electron chi connectivity index (χ4n) is 1.96. The van der Waals surface area contributed by atoms with Gasteiger partial charge in [0.2, 0.25) is 0 Å². The average Bonchev–Trinajstić information content (AvgIpc) is 2.74. The minimum atomic E-state index is 0.233. The Labute approximate surface area is 105 Å². The lowest BCUT2D eigenvalue weighted by molar-refractivity contribution is 0.406. The van der Waals surface area contributed by atoms with E-state index in [9.17, 15) is 0 Å². The number of nitrogens with zero attached hydrogens (tertiary/aromatic N) is 2. The first-order valence-electron chi connectivity index (χ1n) is 6.84. The molecule has 0 aliphatic carbocycles. The molecule has 0 aliphatic heterocycles. The molecule has 2 N–H and O–H groups in total. The number of hydrogen-bond donors (Lipinski definition) is 1. The van der Waals surface area contributed by atoms with Crippen molar-refractivity contribution in [2.24, 2.45) is 11.7 Å². The Morgan fingerprint density at radius 3 is 2.59 bits per heavy atom. The van der Waals surface area contributed by atoms with Crippen molar-refractivity contribution in [1.29, 1.82) is 0 Å². The summed E-state index contributed by atoms with van der Waals surface area (Å²) in [6, 6.07) is 2.75. The molecule has 0 aliphatic rings. The highest BCUT2D eigenvalue weighted by Gasteiger charge is 2.14. The lowest BCUT2D eigenvalue weighted by Gasteiger charge is -2.18. The van der Waals surface area contributed by atoms with Gasteiger partial charge in [-0.25, -0.2) is 0 Å². The smallest absolute Gasteiger partial charge is 0.0640 e. The topological polar surface area (TPSA) is 43.8 Å². The summed E-state index contributed by atoms with van der Waals surface area (Å²) in [7, 11) is 0. The lowest BCUT2D eigenvalue weighted by Crippen LogP contribution is -2.30. The minimum Gasteiger partial charge on any atom is -0.327 e. The first-order chi connectivity index (χ1) is 8.04. The summed E-state index contributed by atoms with van der Waals surface area (Å²) in [5.41, 5.74) is 7.35. The molecule has 98 valence electrons. The molecule has 0 fully saturated rings. The van der Waals surface area contributed by atoms with Gasteiger partial charge in [-0.3, -0.25) is 4.68 Å². The Kier molecular flexibility index (Phi) is 5.69. The van der Waals surface area contributed by atoms with Gasteiger partial charge in [0, 0.05) is 24.7 Å². The molecule has 0 spiro atoms. The third kappa shape index (κ3) is 4.50. The summed E-state index contributed by atoms with van der Waals surface area (Å²) in [5.74, 6) is 0.583. The predicted molar refractivity (Wildman–Crippen MR) is 73.0 cm³/mol. The quantitative estimate of drug-likeness (QED) is 0.791. The van der Waals surface area contributed by atoms with Crippen LogP contribution in [0.15, 0.2) is 12.3 Å². The van der Waals surface area contributed by atoms with Gasteiger partial charge in [-0.15, -0.1) is 0 Å². The summed E-state index contributed by atoms with van der Waals surface area (Å²) in [6.45, 7) is 8.75. The van der Waals surface area contributed by atoms with E-state index >= 15 is 0 Å². The van der Waals surface area contributed by atoms with Crippen molar-refractivity contribution in [2.75, 3.05) is 0 Å². The lowest BCUT2D eigenvalue weighted by atomic mass is 9.93. The summed E-state index contributed by atoms with van der Waals surface area (Å²) in [6.07, 6.45) is 6.69. The molecule has 2 atom stereocenters. The second kappa shape index (κ2) is 6.80. The molecule has 1 aromatic rings. The Morgan fingerprint density at radius 2 is 2.06 bits per heavy atom. The van der Waals surface area contributed by atoms with Crippen molar-refractivity contribution in [3.8, 4) is 0 Å². The van der Waals surface area contributed by atoms with Crippen molar-refractivity contribution in [1.82, 2.24) is 9.78 Å². The van der Waals surface area contributed by atoms with Crippen molar-refractivity contribution >= 4 is 0 Å². The summed E-state index contributed by atoms with van der Waals surface area (Å²) in [4.78, 5) is 0. The second-order valence-corrected chi connectivity index (χ2v) is 5.37. The van der Waals surface area contributed by atoms with E-state index in [-0.39, 0.29) is 6.04 Å². The second-order valence-electron chi connectivity index (χ2n) is 5.37. The predicted octanol–water partition coefficient (Wildman–Crippen LogP) is 3.16. The zero-order valence-electron chi connectivity index (χ0n) is 11.7. The van der Waals surface area contributed by atoms with E-state index in [4.69, 9.17) is 5.73 Å². The molecule has 0 aromatic carbocycles. The van der Waals surface area contributed by atoms with Crippen LogP contribution in [0.4, 0.5) is 0 Å².